The van der Waals surface area contributed by atoms with Crippen molar-refractivity contribution < 1.29 is 4.79 Å². The molecule has 0 bridgehead atoms. The van der Waals surface area contributed by atoms with Gasteiger partial charge in [0.2, 0.25) is 5.91 Å². The van der Waals surface area contributed by atoms with Crippen LogP contribution in [0.5, 0.6) is 0 Å². The second-order valence-electron chi connectivity index (χ2n) is 3.18. The molecule has 2 heterocycles. The maximum atomic E-state index is 11.5. The highest BCUT2D eigenvalue weighted by Gasteiger charge is 2.28. The van der Waals surface area contributed by atoms with E-state index in [1.54, 1.807) is 18.1 Å². The Labute approximate surface area is 88.5 Å². The fourth-order valence-corrected chi connectivity index (χ4v) is 1.56. The van der Waals surface area contributed by atoms with Gasteiger partial charge in [-0.3, -0.25) is 9.78 Å². The van der Waals surface area contributed by atoms with E-state index in [4.69, 9.17) is 5.73 Å². The fourth-order valence-electron chi connectivity index (χ4n) is 1.56. The van der Waals surface area contributed by atoms with E-state index in [0.717, 1.165) is 11.4 Å². The number of pyridine rings is 1. The molecule has 1 aliphatic heterocycles. The molecule has 0 saturated carbocycles. The fraction of sp³-hybridized carbons (Fsp3) is 0.333. The molecule has 4 nitrogen and oxygen atoms in total. The number of likely N-dealkylation sites (N-methyl/N-ethyl adjacent to an activating group) is 1. The molecule has 0 fully saturated rings. The molecule has 76 valence electrons. The summed E-state index contributed by atoms with van der Waals surface area (Å²) in [5, 5.41) is 0. The monoisotopic (exact) mass is 213 g/mol. The minimum atomic E-state index is -0.438. The Bertz CT molecular complexity index is 356. The molecule has 1 aliphatic rings. The molecule has 14 heavy (non-hydrogen) atoms. The largest absolute Gasteiger partial charge is 0.320 e. The average molecular weight is 214 g/mol. The second kappa shape index (κ2) is 3.94. The number of aromatic nitrogens is 1. The van der Waals surface area contributed by atoms with Crippen LogP contribution in [0.2, 0.25) is 0 Å². The summed E-state index contributed by atoms with van der Waals surface area (Å²) >= 11 is 0. The van der Waals surface area contributed by atoms with Crippen LogP contribution in [0, 0.1) is 0 Å². The van der Waals surface area contributed by atoms with Crippen LogP contribution in [0.15, 0.2) is 18.3 Å². The van der Waals surface area contributed by atoms with Crippen LogP contribution in [0.3, 0.4) is 0 Å². The normalized spacial score (nSPS) is 20.0. The van der Waals surface area contributed by atoms with Gasteiger partial charge in [0.15, 0.2) is 0 Å². The van der Waals surface area contributed by atoms with Gasteiger partial charge in [-0.2, -0.15) is 0 Å². The molecule has 0 saturated heterocycles. The van der Waals surface area contributed by atoms with Crippen LogP contribution in [0.25, 0.3) is 0 Å². The van der Waals surface area contributed by atoms with Gasteiger partial charge in [-0.25, -0.2) is 0 Å². The smallest absolute Gasteiger partial charge is 0.244 e. The first-order valence-electron chi connectivity index (χ1n) is 4.17. The Balaban J connectivity index is 0.000000980. The Kier molecular flexibility index (Phi) is 3.08. The number of carbonyl (C=O) groups excluding carboxylic acids is 1. The van der Waals surface area contributed by atoms with Gasteiger partial charge in [0.05, 0.1) is 17.4 Å². The van der Waals surface area contributed by atoms with Gasteiger partial charge in [-0.05, 0) is 12.1 Å². The van der Waals surface area contributed by atoms with Crippen molar-refractivity contribution >= 4 is 24.0 Å². The lowest BCUT2D eigenvalue weighted by Gasteiger charge is -2.28. The lowest BCUT2D eigenvalue weighted by Crippen LogP contribution is -2.47. The van der Waals surface area contributed by atoms with Gasteiger partial charge in [-0.15, -0.1) is 12.4 Å². The number of fused-ring (bicyclic) bond motifs is 1. The minimum Gasteiger partial charge on any atom is -0.320 e. The van der Waals surface area contributed by atoms with E-state index in [-0.39, 0.29) is 18.3 Å². The first-order valence-corrected chi connectivity index (χ1v) is 4.17. The van der Waals surface area contributed by atoms with Crippen LogP contribution in [0.1, 0.15) is 5.69 Å². The van der Waals surface area contributed by atoms with Crippen molar-refractivity contribution in [1.82, 2.24) is 4.98 Å². The van der Waals surface area contributed by atoms with E-state index in [1.807, 2.05) is 12.1 Å². The van der Waals surface area contributed by atoms with Crippen molar-refractivity contribution in [3.63, 3.8) is 0 Å². The number of nitrogens with zero attached hydrogens (tertiary/aromatic N) is 2. The molecule has 0 radical (unpaired) electrons. The third kappa shape index (κ3) is 1.58. The summed E-state index contributed by atoms with van der Waals surface area (Å²) in [7, 11) is 1.72. The molecule has 0 spiro atoms. The van der Waals surface area contributed by atoms with Crippen molar-refractivity contribution in [2.45, 2.75) is 12.5 Å². The van der Waals surface area contributed by atoms with Crippen molar-refractivity contribution in [2.75, 3.05) is 11.9 Å². The maximum absolute atomic E-state index is 11.5. The molecule has 1 aromatic rings. The number of carbonyl (C=O) groups is 1. The van der Waals surface area contributed by atoms with Crippen LogP contribution >= 0.6 is 12.4 Å². The Morgan fingerprint density at radius 2 is 2.36 bits per heavy atom. The quantitative estimate of drug-likeness (QED) is 0.677. The summed E-state index contributed by atoms with van der Waals surface area (Å²) in [5.41, 5.74) is 7.42. The molecule has 0 aromatic carbocycles. The van der Waals surface area contributed by atoms with E-state index in [0.29, 0.717) is 6.42 Å². The number of nitrogens with two attached hydrogens (primary N) is 1. The summed E-state index contributed by atoms with van der Waals surface area (Å²) in [4.78, 5) is 17.2. The molecule has 2 N–H and O–H groups in total. The zero-order valence-electron chi connectivity index (χ0n) is 7.80. The van der Waals surface area contributed by atoms with Crippen molar-refractivity contribution in [2.24, 2.45) is 5.73 Å². The van der Waals surface area contributed by atoms with Gasteiger partial charge in [0, 0.05) is 19.7 Å². The summed E-state index contributed by atoms with van der Waals surface area (Å²) in [6.07, 6.45) is 2.26. The van der Waals surface area contributed by atoms with Gasteiger partial charge in [0.1, 0.15) is 0 Å². The van der Waals surface area contributed by atoms with Gasteiger partial charge < -0.3 is 10.6 Å². The lowest BCUT2D eigenvalue weighted by molar-refractivity contribution is -0.119. The minimum absolute atomic E-state index is 0. The number of hydrogen-bond acceptors (Lipinski definition) is 3. The van der Waals surface area contributed by atoms with E-state index < -0.39 is 6.04 Å². The first-order chi connectivity index (χ1) is 6.20. The zero-order valence-corrected chi connectivity index (χ0v) is 8.62. The third-order valence-electron chi connectivity index (χ3n) is 2.29. The number of amides is 1. The molecule has 0 aliphatic carbocycles. The highest BCUT2D eigenvalue weighted by molar-refractivity contribution is 5.99. The summed E-state index contributed by atoms with van der Waals surface area (Å²) in [6, 6.07) is 3.26. The summed E-state index contributed by atoms with van der Waals surface area (Å²) < 4.78 is 0. The summed E-state index contributed by atoms with van der Waals surface area (Å²) in [6.45, 7) is 0. The van der Waals surface area contributed by atoms with Crippen LogP contribution in [-0.2, 0) is 11.2 Å². The van der Waals surface area contributed by atoms with E-state index >= 15 is 0 Å². The van der Waals surface area contributed by atoms with Crippen LogP contribution < -0.4 is 10.6 Å². The summed E-state index contributed by atoms with van der Waals surface area (Å²) in [5.74, 6) is -0.0412. The first kappa shape index (κ1) is 10.9. The number of rotatable bonds is 0. The van der Waals surface area contributed by atoms with E-state index in [9.17, 15) is 4.79 Å². The highest BCUT2D eigenvalue weighted by atomic mass is 35.5. The molecule has 1 aromatic heterocycles. The van der Waals surface area contributed by atoms with E-state index in [2.05, 4.69) is 4.98 Å². The molecular weight excluding hydrogens is 202 g/mol. The van der Waals surface area contributed by atoms with Gasteiger partial charge in [-0.1, -0.05) is 0 Å². The second-order valence-corrected chi connectivity index (χ2v) is 3.18. The topological polar surface area (TPSA) is 59.2 Å². The highest BCUT2D eigenvalue weighted by Crippen LogP contribution is 2.23. The molecule has 5 heteroatoms. The van der Waals surface area contributed by atoms with Crippen molar-refractivity contribution in [3.8, 4) is 0 Å². The molecule has 1 atom stereocenters. The number of hydrogen-bond donors (Lipinski definition) is 1. The predicted octanol–water partition coefficient (Wildman–Crippen LogP) is 0.350. The standard InChI is InChI=1S/C9H11N3O.ClH/c1-12-8-3-2-4-11-7(8)5-6(10)9(12)13;/h2-4,6H,5,10H2,1H3;1H. The lowest BCUT2D eigenvalue weighted by atomic mass is 10.0. The average Bonchev–Trinajstić information content (AvgIpc) is 2.15. The predicted molar refractivity (Wildman–Crippen MR) is 56.6 cm³/mol. The molecular formula is C9H12ClN3O. The third-order valence-corrected chi connectivity index (χ3v) is 2.29. The molecule has 1 amide bonds. The zero-order chi connectivity index (χ0) is 9.42. The molecule has 1 unspecified atom stereocenters. The Morgan fingerprint density at radius 3 is 3.07 bits per heavy atom. The molecule has 2 rings (SSSR count). The number of halogens is 1. The van der Waals surface area contributed by atoms with Crippen LogP contribution in [-0.4, -0.2) is 24.0 Å². The van der Waals surface area contributed by atoms with Gasteiger partial charge in [0.25, 0.3) is 0 Å². The number of anilines is 1. The SMILES string of the molecule is CN1C(=O)C(N)Cc2ncccc21.Cl. The van der Waals surface area contributed by atoms with E-state index in [1.165, 1.54) is 0 Å². The van der Waals surface area contributed by atoms with Crippen molar-refractivity contribution in [3.05, 3.63) is 24.0 Å². The van der Waals surface area contributed by atoms with Gasteiger partial charge >= 0.3 is 0 Å². The Morgan fingerprint density at radius 1 is 1.64 bits per heavy atom. The van der Waals surface area contributed by atoms with Crippen molar-refractivity contribution in [1.29, 1.82) is 0 Å². The maximum Gasteiger partial charge on any atom is 0.244 e. The van der Waals surface area contributed by atoms with Crippen LogP contribution in [0.4, 0.5) is 5.69 Å². The Hall–Kier alpha value is -1.13.